The summed E-state index contributed by atoms with van der Waals surface area (Å²) in [7, 11) is 0. The van der Waals surface area contributed by atoms with Crippen molar-refractivity contribution in [2.24, 2.45) is 0 Å². The van der Waals surface area contributed by atoms with E-state index < -0.39 is 0 Å². The SMILES string of the molecule is CC(C)(CNC(=O)c1ccc(Cl)c(N)c1)c1cccs1. The molecule has 0 spiro atoms. The predicted molar refractivity (Wildman–Crippen MR) is 85.5 cm³/mol. The molecule has 2 rings (SSSR count). The van der Waals surface area contributed by atoms with Crippen LogP contribution in [0.15, 0.2) is 35.7 Å². The standard InChI is InChI=1S/C15H17ClN2OS/c1-15(2,13-4-3-7-20-13)9-18-14(19)10-5-6-11(16)12(17)8-10/h3-8H,9,17H2,1-2H3,(H,18,19). The summed E-state index contributed by atoms with van der Waals surface area (Å²) in [6.07, 6.45) is 0. The van der Waals surface area contributed by atoms with Gasteiger partial charge < -0.3 is 11.1 Å². The summed E-state index contributed by atoms with van der Waals surface area (Å²) >= 11 is 7.54. The van der Waals surface area contributed by atoms with Crippen LogP contribution in [0.5, 0.6) is 0 Å². The Morgan fingerprint density at radius 2 is 2.15 bits per heavy atom. The molecule has 0 saturated carbocycles. The first-order chi connectivity index (χ1) is 9.40. The fraction of sp³-hybridized carbons (Fsp3) is 0.267. The number of hydrogen-bond acceptors (Lipinski definition) is 3. The molecule has 0 fully saturated rings. The quantitative estimate of drug-likeness (QED) is 0.846. The molecule has 106 valence electrons. The summed E-state index contributed by atoms with van der Waals surface area (Å²) in [5.41, 5.74) is 6.55. The molecule has 0 bridgehead atoms. The van der Waals surface area contributed by atoms with Gasteiger partial charge in [-0.2, -0.15) is 0 Å². The molecule has 2 aromatic rings. The van der Waals surface area contributed by atoms with Crippen LogP contribution in [-0.2, 0) is 5.41 Å². The van der Waals surface area contributed by atoms with Gasteiger partial charge in [0.15, 0.2) is 0 Å². The van der Waals surface area contributed by atoms with Crippen LogP contribution in [0, 0.1) is 0 Å². The summed E-state index contributed by atoms with van der Waals surface area (Å²) in [4.78, 5) is 13.4. The smallest absolute Gasteiger partial charge is 0.251 e. The van der Waals surface area contributed by atoms with E-state index in [1.165, 1.54) is 4.88 Å². The molecule has 0 radical (unpaired) electrons. The number of hydrogen-bond donors (Lipinski definition) is 2. The zero-order valence-electron chi connectivity index (χ0n) is 11.4. The molecule has 0 saturated heterocycles. The van der Waals surface area contributed by atoms with E-state index in [1.54, 1.807) is 29.5 Å². The maximum absolute atomic E-state index is 12.1. The largest absolute Gasteiger partial charge is 0.398 e. The number of carbonyl (C=O) groups excluding carboxylic acids is 1. The Labute approximate surface area is 127 Å². The number of nitrogens with one attached hydrogen (secondary N) is 1. The molecule has 1 amide bonds. The lowest BCUT2D eigenvalue weighted by Gasteiger charge is -2.23. The number of nitrogens with two attached hydrogens (primary N) is 1. The van der Waals surface area contributed by atoms with Crippen LogP contribution >= 0.6 is 22.9 Å². The average Bonchev–Trinajstić information content (AvgIpc) is 2.94. The first-order valence-corrected chi connectivity index (χ1v) is 7.53. The second-order valence-corrected chi connectivity index (χ2v) is 6.64. The van der Waals surface area contributed by atoms with Gasteiger partial charge in [-0.05, 0) is 29.6 Å². The van der Waals surface area contributed by atoms with Crippen LogP contribution < -0.4 is 11.1 Å². The molecule has 1 aromatic carbocycles. The molecule has 0 aliphatic heterocycles. The van der Waals surface area contributed by atoms with E-state index in [1.807, 2.05) is 11.4 Å². The van der Waals surface area contributed by atoms with Crippen LogP contribution in [0.1, 0.15) is 29.1 Å². The highest BCUT2D eigenvalue weighted by Crippen LogP contribution is 2.26. The van der Waals surface area contributed by atoms with Crippen molar-refractivity contribution < 1.29 is 4.79 Å². The van der Waals surface area contributed by atoms with Gasteiger partial charge in [-0.15, -0.1) is 11.3 Å². The van der Waals surface area contributed by atoms with E-state index in [0.29, 0.717) is 22.8 Å². The lowest BCUT2D eigenvalue weighted by atomic mass is 9.91. The Balaban J connectivity index is 2.03. The lowest BCUT2D eigenvalue weighted by Crippen LogP contribution is -2.36. The van der Waals surface area contributed by atoms with Gasteiger partial charge >= 0.3 is 0 Å². The predicted octanol–water partition coefficient (Wildman–Crippen LogP) is 3.69. The molecule has 0 unspecified atom stereocenters. The van der Waals surface area contributed by atoms with E-state index in [0.717, 1.165) is 0 Å². The minimum absolute atomic E-state index is 0.0954. The molecule has 3 N–H and O–H groups in total. The Hall–Kier alpha value is -1.52. The fourth-order valence-corrected chi connectivity index (χ4v) is 2.81. The third-order valence-electron chi connectivity index (χ3n) is 3.14. The fourth-order valence-electron chi connectivity index (χ4n) is 1.84. The molecule has 0 aliphatic rings. The molecule has 1 aromatic heterocycles. The van der Waals surface area contributed by atoms with E-state index in [9.17, 15) is 4.79 Å². The summed E-state index contributed by atoms with van der Waals surface area (Å²) in [5.74, 6) is -0.141. The molecular weight excluding hydrogens is 292 g/mol. The first-order valence-electron chi connectivity index (χ1n) is 6.27. The number of benzene rings is 1. The van der Waals surface area contributed by atoms with Crippen molar-refractivity contribution in [3.63, 3.8) is 0 Å². The normalized spacial score (nSPS) is 11.3. The average molecular weight is 309 g/mol. The maximum Gasteiger partial charge on any atom is 0.251 e. The van der Waals surface area contributed by atoms with E-state index in [-0.39, 0.29) is 11.3 Å². The van der Waals surface area contributed by atoms with E-state index >= 15 is 0 Å². The molecular formula is C15H17ClN2OS. The number of nitrogen functional groups attached to an aromatic ring is 1. The monoisotopic (exact) mass is 308 g/mol. The molecule has 1 heterocycles. The van der Waals surface area contributed by atoms with Crippen molar-refractivity contribution in [2.45, 2.75) is 19.3 Å². The third-order valence-corrected chi connectivity index (χ3v) is 4.72. The molecule has 0 atom stereocenters. The van der Waals surface area contributed by atoms with Crippen LogP contribution in [0.2, 0.25) is 5.02 Å². The van der Waals surface area contributed by atoms with Gasteiger partial charge in [0.1, 0.15) is 0 Å². The maximum atomic E-state index is 12.1. The summed E-state index contributed by atoms with van der Waals surface area (Å²) in [6, 6.07) is 9.00. The number of thiophene rings is 1. The summed E-state index contributed by atoms with van der Waals surface area (Å²) in [5, 5.41) is 5.44. The second kappa shape index (κ2) is 5.85. The number of amides is 1. The zero-order chi connectivity index (χ0) is 14.8. The van der Waals surface area contributed by atoms with Gasteiger partial charge in [-0.25, -0.2) is 0 Å². The van der Waals surface area contributed by atoms with E-state index in [4.69, 9.17) is 17.3 Å². The van der Waals surface area contributed by atoms with Crippen molar-refractivity contribution in [1.82, 2.24) is 5.32 Å². The minimum Gasteiger partial charge on any atom is -0.398 e. The summed E-state index contributed by atoms with van der Waals surface area (Å²) in [6.45, 7) is 4.78. The topological polar surface area (TPSA) is 55.1 Å². The van der Waals surface area contributed by atoms with Gasteiger partial charge in [0.2, 0.25) is 0 Å². The number of rotatable bonds is 4. The number of carbonyl (C=O) groups is 1. The second-order valence-electron chi connectivity index (χ2n) is 5.28. The van der Waals surface area contributed by atoms with Crippen molar-refractivity contribution >= 4 is 34.5 Å². The zero-order valence-corrected chi connectivity index (χ0v) is 13.0. The van der Waals surface area contributed by atoms with Crippen LogP contribution in [0.3, 0.4) is 0 Å². The third kappa shape index (κ3) is 3.32. The van der Waals surface area contributed by atoms with Crippen molar-refractivity contribution in [1.29, 1.82) is 0 Å². The van der Waals surface area contributed by atoms with Crippen molar-refractivity contribution in [3.8, 4) is 0 Å². The number of anilines is 1. The highest BCUT2D eigenvalue weighted by Gasteiger charge is 2.22. The molecule has 3 nitrogen and oxygen atoms in total. The molecule has 5 heteroatoms. The Kier molecular flexibility index (Phi) is 4.35. The van der Waals surface area contributed by atoms with Crippen LogP contribution in [0.25, 0.3) is 0 Å². The highest BCUT2D eigenvalue weighted by atomic mass is 35.5. The van der Waals surface area contributed by atoms with Crippen molar-refractivity contribution in [2.75, 3.05) is 12.3 Å². The van der Waals surface area contributed by atoms with Gasteiger partial charge in [-0.3, -0.25) is 4.79 Å². The van der Waals surface area contributed by atoms with E-state index in [2.05, 4.69) is 25.2 Å². The minimum atomic E-state index is -0.141. The Bertz CT molecular complexity index is 608. The van der Waals surface area contributed by atoms with Crippen LogP contribution in [0.4, 0.5) is 5.69 Å². The van der Waals surface area contributed by atoms with Gasteiger partial charge in [0.25, 0.3) is 5.91 Å². The Morgan fingerprint density at radius 3 is 2.75 bits per heavy atom. The Morgan fingerprint density at radius 1 is 1.40 bits per heavy atom. The lowest BCUT2D eigenvalue weighted by molar-refractivity contribution is 0.0946. The molecule has 0 aliphatic carbocycles. The highest BCUT2D eigenvalue weighted by molar-refractivity contribution is 7.10. The van der Waals surface area contributed by atoms with Gasteiger partial charge in [0, 0.05) is 22.4 Å². The van der Waals surface area contributed by atoms with Crippen LogP contribution in [-0.4, -0.2) is 12.5 Å². The number of halogens is 1. The van der Waals surface area contributed by atoms with Gasteiger partial charge in [0.05, 0.1) is 10.7 Å². The first kappa shape index (κ1) is 14.9. The van der Waals surface area contributed by atoms with Crippen molar-refractivity contribution in [3.05, 3.63) is 51.2 Å². The van der Waals surface area contributed by atoms with Gasteiger partial charge in [-0.1, -0.05) is 31.5 Å². The summed E-state index contributed by atoms with van der Waals surface area (Å²) < 4.78 is 0. The molecule has 20 heavy (non-hydrogen) atoms.